The van der Waals surface area contributed by atoms with Gasteiger partial charge in [0, 0.05) is 0 Å². The van der Waals surface area contributed by atoms with Crippen LogP contribution in [0.25, 0.3) is 0 Å². The van der Waals surface area contributed by atoms with Crippen LogP contribution in [0, 0.1) is 0 Å². The lowest BCUT2D eigenvalue weighted by atomic mass is 10.1. The van der Waals surface area contributed by atoms with Crippen molar-refractivity contribution in [2.24, 2.45) is 0 Å². The minimum absolute atomic E-state index is 0. The molecule has 0 radical (unpaired) electrons. The topological polar surface area (TPSA) is 98.0 Å². The molecule has 0 bridgehead atoms. The maximum absolute atomic E-state index is 9.76. The van der Waals surface area contributed by atoms with Gasteiger partial charge < -0.3 is 25.2 Å². The number of halogens is 1. The number of hydrogen-bond donors (Lipinski definition) is 4. The molecule has 0 amide bonds. The lowest BCUT2D eigenvalue weighted by molar-refractivity contribution is -0.127. The van der Waals surface area contributed by atoms with Crippen molar-refractivity contribution < 1.29 is 25.2 Å². The first-order valence-corrected chi connectivity index (χ1v) is 2.73. The number of carbonyl (C=O) groups is 1. The van der Waals surface area contributed by atoms with Gasteiger partial charge in [0.15, 0.2) is 6.29 Å². The molecule has 5 nitrogen and oxygen atoms in total. The largest absolute Gasteiger partial charge is 0.394 e. The molecule has 0 fully saturated rings. The van der Waals surface area contributed by atoms with Crippen molar-refractivity contribution >= 4 is 23.3 Å². The quantitative estimate of drug-likeness (QED) is 0.413. The highest BCUT2D eigenvalue weighted by molar-refractivity contribution is 8.93. The molecule has 0 saturated carbocycles. The van der Waals surface area contributed by atoms with Gasteiger partial charge in [0.1, 0.15) is 18.3 Å². The van der Waals surface area contributed by atoms with Gasteiger partial charge in [-0.05, 0) is 0 Å². The van der Waals surface area contributed by atoms with Crippen LogP contribution in [0.5, 0.6) is 0 Å². The Morgan fingerprint density at radius 3 is 2.00 bits per heavy atom. The van der Waals surface area contributed by atoms with Crippen molar-refractivity contribution in [1.29, 1.82) is 0 Å². The van der Waals surface area contributed by atoms with Crippen LogP contribution in [-0.2, 0) is 4.79 Å². The Balaban J connectivity index is 0. The third kappa shape index (κ3) is 4.44. The average Bonchev–Trinajstić information content (AvgIpc) is 2.00. The zero-order valence-electron chi connectivity index (χ0n) is 5.62. The van der Waals surface area contributed by atoms with Gasteiger partial charge in [-0.15, -0.1) is 17.0 Å². The Morgan fingerprint density at radius 1 is 1.27 bits per heavy atom. The standard InChI is InChI=1S/C5H10O5.BrH/c6-1-3(8)5(10)4(9)2-7;/h1,3-5,7-10H,2H2;1H. The lowest BCUT2D eigenvalue weighted by Gasteiger charge is -2.16. The van der Waals surface area contributed by atoms with Gasteiger partial charge in [-0.25, -0.2) is 0 Å². The van der Waals surface area contributed by atoms with Crippen molar-refractivity contribution in [3.05, 3.63) is 0 Å². The number of aliphatic hydroxyl groups excluding tert-OH is 4. The van der Waals surface area contributed by atoms with Crippen LogP contribution < -0.4 is 0 Å². The fourth-order valence-electron chi connectivity index (χ4n) is 0.416. The molecule has 0 aliphatic rings. The fourth-order valence-corrected chi connectivity index (χ4v) is 0.416. The predicted molar refractivity (Wildman–Crippen MR) is 41.5 cm³/mol. The lowest BCUT2D eigenvalue weighted by Crippen LogP contribution is -2.40. The summed E-state index contributed by atoms with van der Waals surface area (Å²) >= 11 is 0. The highest BCUT2D eigenvalue weighted by atomic mass is 79.9. The zero-order valence-corrected chi connectivity index (χ0v) is 7.33. The normalized spacial score (nSPS) is 17.8. The van der Waals surface area contributed by atoms with Crippen molar-refractivity contribution in [2.45, 2.75) is 18.3 Å². The number of aliphatic hydroxyl groups is 4. The number of hydrogen-bond acceptors (Lipinski definition) is 5. The van der Waals surface area contributed by atoms with E-state index < -0.39 is 24.9 Å². The molecular formula is C5H11BrO5. The highest BCUT2D eigenvalue weighted by Gasteiger charge is 2.22. The Bertz CT molecular complexity index is 109. The van der Waals surface area contributed by atoms with Gasteiger partial charge in [-0.1, -0.05) is 0 Å². The summed E-state index contributed by atoms with van der Waals surface area (Å²) in [5.41, 5.74) is 0. The van der Waals surface area contributed by atoms with Crippen molar-refractivity contribution in [3.8, 4) is 0 Å². The van der Waals surface area contributed by atoms with Crippen LogP contribution in [0.15, 0.2) is 0 Å². The number of aldehydes is 1. The molecule has 0 aromatic carbocycles. The minimum Gasteiger partial charge on any atom is -0.394 e. The molecule has 0 aliphatic heterocycles. The number of carbonyl (C=O) groups excluding carboxylic acids is 1. The Hall–Kier alpha value is -0.0100. The van der Waals surface area contributed by atoms with Crippen molar-refractivity contribution in [2.75, 3.05) is 6.61 Å². The SMILES string of the molecule is Br.O=CC(O)C(O)C(O)CO. The molecule has 3 unspecified atom stereocenters. The van der Waals surface area contributed by atoms with E-state index in [1.807, 2.05) is 0 Å². The molecule has 0 saturated heterocycles. The third-order valence-electron chi connectivity index (χ3n) is 1.07. The smallest absolute Gasteiger partial charge is 0.151 e. The first-order valence-electron chi connectivity index (χ1n) is 2.73. The van der Waals surface area contributed by atoms with Crippen molar-refractivity contribution in [3.63, 3.8) is 0 Å². The summed E-state index contributed by atoms with van der Waals surface area (Å²) < 4.78 is 0. The maximum Gasteiger partial charge on any atom is 0.151 e. The minimum atomic E-state index is -1.64. The summed E-state index contributed by atoms with van der Waals surface area (Å²) in [7, 11) is 0. The van der Waals surface area contributed by atoms with E-state index in [0.717, 1.165) is 0 Å². The summed E-state index contributed by atoms with van der Waals surface area (Å²) in [6.07, 6.45) is -4.63. The molecule has 0 aromatic rings. The average molecular weight is 231 g/mol. The molecule has 4 N–H and O–H groups in total. The summed E-state index contributed by atoms with van der Waals surface area (Å²) in [6, 6.07) is 0. The van der Waals surface area contributed by atoms with E-state index in [1.54, 1.807) is 0 Å². The van der Waals surface area contributed by atoms with Gasteiger partial charge in [-0.2, -0.15) is 0 Å². The van der Waals surface area contributed by atoms with Gasteiger partial charge in [-0.3, -0.25) is 0 Å². The Kier molecular flexibility index (Phi) is 8.25. The third-order valence-corrected chi connectivity index (χ3v) is 1.07. The molecule has 3 atom stereocenters. The Morgan fingerprint density at radius 2 is 1.73 bits per heavy atom. The zero-order chi connectivity index (χ0) is 8.15. The fraction of sp³-hybridized carbons (Fsp3) is 0.800. The predicted octanol–water partition coefficient (Wildman–Crippen LogP) is -2.16. The second-order valence-corrected chi connectivity index (χ2v) is 1.87. The van der Waals surface area contributed by atoms with Crippen LogP contribution in [0.1, 0.15) is 0 Å². The van der Waals surface area contributed by atoms with E-state index in [-0.39, 0.29) is 23.3 Å². The van der Waals surface area contributed by atoms with Crippen LogP contribution in [0.4, 0.5) is 0 Å². The van der Waals surface area contributed by atoms with Gasteiger partial charge in [0.25, 0.3) is 0 Å². The van der Waals surface area contributed by atoms with Gasteiger partial charge >= 0.3 is 0 Å². The summed E-state index contributed by atoms with van der Waals surface area (Å²) in [5, 5.41) is 34.1. The second-order valence-electron chi connectivity index (χ2n) is 1.87. The molecular weight excluding hydrogens is 220 g/mol. The highest BCUT2D eigenvalue weighted by Crippen LogP contribution is 1.96. The van der Waals surface area contributed by atoms with Crippen LogP contribution in [0.2, 0.25) is 0 Å². The summed E-state index contributed by atoms with van der Waals surface area (Å²) in [4.78, 5) is 9.76. The summed E-state index contributed by atoms with van der Waals surface area (Å²) in [6.45, 7) is -0.688. The van der Waals surface area contributed by atoms with E-state index in [2.05, 4.69) is 0 Å². The molecule has 11 heavy (non-hydrogen) atoms. The molecule has 0 spiro atoms. The van der Waals surface area contributed by atoms with E-state index in [9.17, 15) is 4.79 Å². The molecule has 0 aromatic heterocycles. The van der Waals surface area contributed by atoms with E-state index in [1.165, 1.54) is 0 Å². The second kappa shape index (κ2) is 6.68. The van der Waals surface area contributed by atoms with E-state index >= 15 is 0 Å². The molecule has 6 heteroatoms. The van der Waals surface area contributed by atoms with Gasteiger partial charge in [0.05, 0.1) is 6.61 Å². The molecule has 0 aliphatic carbocycles. The Labute approximate surface area is 74.1 Å². The summed E-state index contributed by atoms with van der Waals surface area (Å²) in [5.74, 6) is 0. The van der Waals surface area contributed by atoms with Crippen LogP contribution in [0.3, 0.4) is 0 Å². The maximum atomic E-state index is 9.76. The first-order chi connectivity index (χ1) is 4.63. The van der Waals surface area contributed by atoms with E-state index in [0.29, 0.717) is 0 Å². The van der Waals surface area contributed by atoms with Crippen molar-refractivity contribution in [1.82, 2.24) is 0 Å². The number of rotatable bonds is 4. The molecule has 68 valence electrons. The molecule has 0 rings (SSSR count). The van der Waals surface area contributed by atoms with Gasteiger partial charge in [0.2, 0.25) is 0 Å². The molecule has 0 heterocycles. The monoisotopic (exact) mass is 230 g/mol. The first kappa shape index (κ1) is 13.6. The van der Waals surface area contributed by atoms with E-state index in [4.69, 9.17) is 20.4 Å². The van der Waals surface area contributed by atoms with Crippen LogP contribution >= 0.6 is 17.0 Å². The van der Waals surface area contributed by atoms with Crippen LogP contribution in [-0.4, -0.2) is 51.6 Å².